The SMILES string of the molecule is CC.CCC=C(C#N)/C(C#N)=C\CC. The maximum atomic E-state index is 8.68. The van der Waals surface area contributed by atoms with Crippen molar-refractivity contribution in [3.8, 4) is 12.1 Å². The average molecular weight is 190 g/mol. The maximum absolute atomic E-state index is 8.68. The highest BCUT2D eigenvalue weighted by atomic mass is 14.3. The smallest absolute Gasteiger partial charge is 0.100 e. The average Bonchev–Trinajstić information content (AvgIpc) is 2.26. The molecule has 76 valence electrons. The second kappa shape index (κ2) is 11.5. The standard InChI is InChI=1S/C10H12N2.C2H6/c1-3-5-9(7-11)10(8-12)6-4-2;1-2/h5-6H,3-4H2,1-2H3;1-2H3/b9-5-,10-6?;. The number of hydrogen-bond donors (Lipinski definition) is 0. The van der Waals surface area contributed by atoms with Crippen LogP contribution >= 0.6 is 0 Å². The highest BCUT2D eigenvalue weighted by Crippen LogP contribution is 2.09. The van der Waals surface area contributed by atoms with Crippen LogP contribution in [0.1, 0.15) is 40.5 Å². The molecule has 0 aromatic rings. The van der Waals surface area contributed by atoms with Gasteiger partial charge in [-0.3, -0.25) is 0 Å². The number of allylic oxidation sites excluding steroid dienone is 4. The molecule has 14 heavy (non-hydrogen) atoms. The zero-order valence-corrected chi connectivity index (χ0v) is 9.46. The first-order valence-corrected chi connectivity index (χ1v) is 5.01. The number of hydrogen-bond acceptors (Lipinski definition) is 2. The molecular formula is C12H18N2. The molecule has 0 saturated heterocycles. The van der Waals surface area contributed by atoms with E-state index >= 15 is 0 Å². The third-order valence-electron chi connectivity index (χ3n) is 1.35. The lowest BCUT2D eigenvalue weighted by Crippen LogP contribution is -1.83. The second-order valence-corrected chi connectivity index (χ2v) is 2.28. The Labute approximate surface area is 87.2 Å². The summed E-state index contributed by atoms with van der Waals surface area (Å²) in [6.07, 6.45) is 5.10. The summed E-state index contributed by atoms with van der Waals surface area (Å²) in [4.78, 5) is 0. The van der Waals surface area contributed by atoms with Crippen LogP contribution in [0, 0.1) is 22.7 Å². The van der Waals surface area contributed by atoms with Crippen LogP contribution in [-0.4, -0.2) is 0 Å². The van der Waals surface area contributed by atoms with Gasteiger partial charge in [0, 0.05) is 0 Å². The van der Waals surface area contributed by atoms with Crippen LogP contribution in [0.25, 0.3) is 0 Å². The van der Waals surface area contributed by atoms with Crippen molar-refractivity contribution in [1.29, 1.82) is 10.5 Å². The zero-order valence-electron chi connectivity index (χ0n) is 9.46. The molecule has 0 radical (unpaired) electrons. The monoisotopic (exact) mass is 190 g/mol. The molecule has 0 aromatic heterocycles. The summed E-state index contributed by atoms with van der Waals surface area (Å²) in [5, 5.41) is 17.4. The van der Waals surface area contributed by atoms with Gasteiger partial charge in [-0.25, -0.2) is 0 Å². The molecule has 0 rings (SSSR count). The van der Waals surface area contributed by atoms with Gasteiger partial charge >= 0.3 is 0 Å². The summed E-state index contributed by atoms with van der Waals surface area (Å²) in [7, 11) is 0. The van der Waals surface area contributed by atoms with Gasteiger partial charge in [-0.2, -0.15) is 10.5 Å². The van der Waals surface area contributed by atoms with E-state index in [0.29, 0.717) is 11.1 Å². The van der Waals surface area contributed by atoms with Crippen LogP contribution in [0.2, 0.25) is 0 Å². The summed E-state index contributed by atoms with van der Waals surface area (Å²) < 4.78 is 0. The minimum atomic E-state index is 0.488. The number of nitriles is 2. The number of nitrogens with zero attached hydrogens (tertiary/aromatic N) is 2. The van der Waals surface area contributed by atoms with E-state index in [1.165, 1.54) is 0 Å². The van der Waals surface area contributed by atoms with Crippen LogP contribution < -0.4 is 0 Å². The largest absolute Gasteiger partial charge is 0.192 e. The van der Waals surface area contributed by atoms with Crippen molar-refractivity contribution < 1.29 is 0 Å². The van der Waals surface area contributed by atoms with Crippen LogP contribution in [0.5, 0.6) is 0 Å². The Kier molecular flexibility index (Phi) is 12.2. The summed E-state index contributed by atoms with van der Waals surface area (Å²) in [5.74, 6) is 0. The Morgan fingerprint density at radius 3 is 1.36 bits per heavy atom. The lowest BCUT2D eigenvalue weighted by atomic mass is 10.1. The van der Waals surface area contributed by atoms with Crippen LogP contribution in [0.3, 0.4) is 0 Å². The van der Waals surface area contributed by atoms with E-state index in [1.54, 1.807) is 12.2 Å². The van der Waals surface area contributed by atoms with Crippen molar-refractivity contribution in [3.63, 3.8) is 0 Å². The molecule has 0 atom stereocenters. The predicted octanol–water partition coefficient (Wildman–Crippen LogP) is 3.73. The van der Waals surface area contributed by atoms with Gasteiger partial charge < -0.3 is 0 Å². The second-order valence-electron chi connectivity index (χ2n) is 2.28. The topological polar surface area (TPSA) is 47.6 Å². The summed E-state index contributed by atoms with van der Waals surface area (Å²) in [5.41, 5.74) is 0.976. The normalized spacial score (nSPS) is 10.7. The van der Waals surface area contributed by atoms with E-state index < -0.39 is 0 Å². The molecule has 0 heterocycles. The molecule has 0 aliphatic rings. The van der Waals surface area contributed by atoms with E-state index in [-0.39, 0.29) is 0 Å². The predicted molar refractivity (Wildman–Crippen MR) is 59.3 cm³/mol. The van der Waals surface area contributed by atoms with Gasteiger partial charge in [0.1, 0.15) is 12.1 Å². The molecule has 2 nitrogen and oxygen atoms in total. The van der Waals surface area contributed by atoms with Gasteiger partial charge in [0.05, 0.1) is 11.1 Å². The molecule has 0 aliphatic heterocycles. The minimum absolute atomic E-state index is 0.488. The van der Waals surface area contributed by atoms with Crippen molar-refractivity contribution in [1.82, 2.24) is 0 Å². The summed E-state index contributed by atoms with van der Waals surface area (Å²) in [6, 6.07) is 4.02. The van der Waals surface area contributed by atoms with E-state index in [1.807, 2.05) is 39.8 Å². The highest BCUT2D eigenvalue weighted by Gasteiger charge is 2.00. The van der Waals surface area contributed by atoms with Crippen molar-refractivity contribution in [2.24, 2.45) is 0 Å². The molecular weight excluding hydrogens is 172 g/mol. The summed E-state index contributed by atoms with van der Waals surface area (Å²) >= 11 is 0. The highest BCUT2D eigenvalue weighted by molar-refractivity contribution is 5.49. The molecule has 2 heteroatoms. The van der Waals surface area contributed by atoms with Gasteiger partial charge in [-0.15, -0.1) is 0 Å². The van der Waals surface area contributed by atoms with Gasteiger partial charge in [0.2, 0.25) is 0 Å². The first-order valence-electron chi connectivity index (χ1n) is 5.01. The fourth-order valence-corrected chi connectivity index (χ4v) is 0.840. The Morgan fingerprint density at radius 2 is 1.21 bits per heavy atom. The molecule has 0 aliphatic carbocycles. The molecule has 0 N–H and O–H groups in total. The van der Waals surface area contributed by atoms with E-state index in [0.717, 1.165) is 12.8 Å². The molecule has 0 fully saturated rings. The van der Waals surface area contributed by atoms with E-state index in [4.69, 9.17) is 10.5 Å². The Bertz CT molecular complexity index is 242. The van der Waals surface area contributed by atoms with Gasteiger partial charge in [0.15, 0.2) is 0 Å². The molecule has 0 aromatic carbocycles. The van der Waals surface area contributed by atoms with Gasteiger partial charge in [-0.1, -0.05) is 39.8 Å². The van der Waals surface area contributed by atoms with Crippen LogP contribution in [0.15, 0.2) is 23.3 Å². The maximum Gasteiger partial charge on any atom is 0.100 e. The minimum Gasteiger partial charge on any atom is -0.192 e. The van der Waals surface area contributed by atoms with E-state index in [9.17, 15) is 0 Å². The Balaban J connectivity index is 0. The van der Waals surface area contributed by atoms with Crippen molar-refractivity contribution in [3.05, 3.63) is 23.3 Å². The van der Waals surface area contributed by atoms with Crippen molar-refractivity contribution >= 4 is 0 Å². The molecule has 0 spiro atoms. The Morgan fingerprint density at radius 1 is 0.929 bits per heavy atom. The quantitative estimate of drug-likeness (QED) is 0.503. The lowest BCUT2D eigenvalue weighted by molar-refractivity contribution is 1.18. The molecule has 0 unspecified atom stereocenters. The Hall–Kier alpha value is -1.54. The fraction of sp³-hybridized carbons (Fsp3) is 0.500. The van der Waals surface area contributed by atoms with Gasteiger partial charge in [0.25, 0.3) is 0 Å². The van der Waals surface area contributed by atoms with E-state index in [2.05, 4.69) is 0 Å². The van der Waals surface area contributed by atoms with Crippen molar-refractivity contribution in [2.45, 2.75) is 40.5 Å². The third kappa shape index (κ3) is 6.03. The molecule has 0 saturated carbocycles. The molecule has 0 bridgehead atoms. The van der Waals surface area contributed by atoms with Crippen LogP contribution in [-0.2, 0) is 0 Å². The van der Waals surface area contributed by atoms with Crippen molar-refractivity contribution in [2.75, 3.05) is 0 Å². The summed E-state index contributed by atoms with van der Waals surface area (Å²) in [6.45, 7) is 7.89. The zero-order chi connectivity index (χ0) is 11.4. The first-order chi connectivity index (χ1) is 6.79. The van der Waals surface area contributed by atoms with Gasteiger partial charge in [-0.05, 0) is 12.8 Å². The first kappa shape index (κ1) is 15.0. The third-order valence-corrected chi connectivity index (χ3v) is 1.35. The number of rotatable bonds is 3. The van der Waals surface area contributed by atoms with Crippen LogP contribution in [0.4, 0.5) is 0 Å². The fourth-order valence-electron chi connectivity index (χ4n) is 0.840. The molecule has 0 amide bonds. The lowest BCUT2D eigenvalue weighted by Gasteiger charge is -1.92.